The number of nitrogens with two attached hydrogens (primary N) is 1. The van der Waals surface area contributed by atoms with E-state index < -0.39 is 12.0 Å². The molecule has 17 heavy (non-hydrogen) atoms. The number of hydrogen-bond donors (Lipinski definition) is 2. The summed E-state index contributed by atoms with van der Waals surface area (Å²) in [5.41, 5.74) is 5.65. The molecular weight excluding hydrogens is 220 g/mol. The number of carbonyl (C=O) groups excluding carboxylic acids is 1. The minimum Gasteiger partial charge on any atom is -0.481 e. The molecule has 0 saturated carbocycles. The van der Waals surface area contributed by atoms with Gasteiger partial charge in [-0.05, 0) is 38.5 Å². The highest BCUT2D eigenvalue weighted by atomic mass is 16.4. The minimum atomic E-state index is -0.735. The van der Waals surface area contributed by atoms with Gasteiger partial charge >= 0.3 is 5.97 Å². The van der Waals surface area contributed by atoms with Gasteiger partial charge in [-0.25, -0.2) is 0 Å². The molecule has 0 aromatic carbocycles. The van der Waals surface area contributed by atoms with Gasteiger partial charge in [0.25, 0.3) is 0 Å². The van der Waals surface area contributed by atoms with Crippen molar-refractivity contribution in [2.24, 2.45) is 11.7 Å². The highest BCUT2D eigenvalue weighted by molar-refractivity contribution is 5.82. The molecule has 3 N–H and O–H groups in total. The Morgan fingerprint density at radius 1 is 1.35 bits per heavy atom. The molecule has 5 nitrogen and oxygen atoms in total. The zero-order valence-electron chi connectivity index (χ0n) is 10.1. The van der Waals surface area contributed by atoms with Crippen LogP contribution in [-0.2, 0) is 9.59 Å². The minimum absolute atomic E-state index is 0.0197. The van der Waals surface area contributed by atoms with Crippen LogP contribution in [0.5, 0.6) is 0 Å². The second-order valence-corrected chi connectivity index (χ2v) is 5.35. The van der Waals surface area contributed by atoms with E-state index >= 15 is 0 Å². The number of rotatable bonds is 3. The van der Waals surface area contributed by atoms with Gasteiger partial charge in [0.2, 0.25) is 5.91 Å². The molecule has 2 rings (SSSR count). The van der Waals surface area contributed by atoms with Gasteiger partial charge in [0, 0.05) is 18.5 Å². The van der Waals surface area contributed by atoms with Crippen LogP contribution in [0.25, 0.3) is 0 Å². The number of carboxylic acids is 1. The van der Waals surface area contributed by atoms with Crippen LogP contribution in [-0.4, -0.2) is 40.0 Å². The summed E-state index contributed by atoms with van der Waals surface area (Å²) >= 11 is 0. The largest absolute Gasteiger partial charge is 0.481 e. The summed E-state index contributed by atoms with van der Waals surface area (Å²) < 4.78 is 0. The maximum absolute atomic E-state index is 12.0. The topological polar surface area (TPSA) is 83.6 Å². The third-order valence-corrected chi connectivity index (χ3v) is 3.94. The Hall–Kier alpha value is -1.10. The van der Waals surface area contributed by atoms with E-state index in [0.29, 0.717) is 0 Å². The Morgan fingerprint density at radius 3 is 2.29 bits per heavy atom. The van der Waals surface area contributed by atoms with Crippen molar-refractivity contribution in [2.45, 2.75) is 57.2 Å². The van der Waals surface area contributed by atoms with Gasteiger partial charge in [-0.15, -0.1) is 0 Å². The monoisotopic (exact) mass is 240 g/mol. The zero-order valence-corrected chi connectivity index (χ0v) is 10.1. The summed E-state index contributed by atoms with van der Waals surface area (Å²) in [6.07, 6.45) is 3.87. The number of amides is 1. The Kier molecular flexibility index (Phi) is 3.38. The molecular formula is C12H20N2O3. The number of aliphatic carboxylic acids is 1. The van der Waals surface area contributed by atoms with E-state index in [0.717, 1.165) is 25.7 Å². The van der Waals surface area contributed by atoms with E-state index in [2.05, 4.69) is 0 Å². The van der Waals surface area contributed by atoms with E-state index in [4.69, 9.17) is 10.8 Å². The van der Waals surface area contributed by atoms with Crippen LogP contribution in [0.2, 0.25) is 0 Å². The quantitative estimate of drug-likeness (QED) is 0.755. The molecule has 0 aliphatic carbocycles. The molecule has 2 fully saturated rings. The van der Waals surface area contributed by atoms with Crippen LogP contribution in [0.4, 0.5) is 0 Å². The van der Waals surface area contributed by atoms with Gasteiger partial charge < -0.3 is 15.7 Å². The fourth-order valence-electron chi connectivity index (χ4n) is 3.30. The van der Waals surface area contributed by atoms with Gasteiger partial charge in [0.05, 0.1) is 6.04 Å². The highest BCUT2D eigenvalue weighted by Gasteiger charge is 2.43. The number of hydrogen-bond acceptors (Lipinski definition) is 3. The zero-order chi connectivity index (χ0) is 12.6. The summed E-state index contributed by atoms with van der Waals surface area (Å²) in [4.78, 5) is 24.6. The molecule has 2 saturated heterocycles. The van der Waals surface area contributed by atoms with Crippen molar-refractivity contribution in [2.75, 3.05) is 0 Å². The maximum Gasteiger partial charge on any atom is 0.303 e. The van der Waals surface area contributed by atoms with E-state index in [1.54, 1.807) is 6.92 Å². The van der Waals surface area contributed by atoms with Gasteiger partial charge in [-0.2, -0.15) is 0 Å². The van der Waals surface area contributed by atoms with Crippen LogP contribution < -0.4 is 5.73 Å². The molecule has 2 aliphatic heterocycles. The normalized spacial score (nSPS) is 33.5. The molecule has 2 aliphatic rings. The van der Waals surface area contributed by atoms with Gasteiger partial charge in [-0.1, -0.05) is 0 Å². The summed E-state index contributed by atoms with van der Waals surface area (Å²) in [6, 6.07) is -0.0117. The van der Waals surface area contributed by atoms with Crippen molar-refractivity contribution in [1.29, 1.82) is 0 Å². The lowest BCUT2D eigenvalue weighted by atomic mass is 9.88. The molecule has 3 atom stereocenters. The van der Waals surface area contributed by atoms with Crippen molar-refractivity contribution in [3.05, 3.63) is 0 Å². The average molecular weight is 240 g/mol. The third kappa shape index (κ3) is 2.44. The molecule has 0 aromatic rings. The summed E-state index contributed by atoms with van der Waals surface area (Å²) in [5.74, 6) is -0.491. The predicted molar refractivity (Wildman–Crippen MR) is 62.3 cm³/mol. The van der Waals surface area contributed by atoms with Crippen molar-refractivity contribution >= 4 is 11.9 Å². The SMILES string of the molecule is C[C@@H](N)C(=O)N1C2CCC1CC(CC(=O)O)C2. The molecule has 0 aromatic heterocycles. The second kappa shape index (κ2) is 4.64. The number of carboxylic acid groups (broad SMARTS) is 1. The van der Waals surface area contributed by atoms with Gasteiger partial charge in [0.1, 0.15) is 0 Å². The average Bonchev–Trinajstić information content (AvgIpc) is 2.48. The predicted octanol–water partition coefficient (Wildman–Crippen LogP) is 0.578. The lowest BCUT2D eigenvalue weighted by Crippen LogP contribution is -2.51. The number of carbonyl (C=O) groups is 2. The molecule has 5 heteroatoms. The van der Waals surface area contributed by atoms with E-state index in [9.17, 15) is 9.59 Å². The third-order valence-electron chi connectivity index (χ3n) is 3.94. The summed E-state index contributed by atoms with van der Waals surface area (Å²) in [7, 11) is 0. The standard InChI is InChI=1S/C12H20N2O3/c1-7(13)12(17)14-9-2-3-10(14)5-8(4-9)6-11(15)16/h7-10H,2-6,13H2,1H3,(H,15,16)/t7-,8?,9?,10?/m1/s1. The first-order valence-corrected chi connectivity index (χ1v) is 6.28. The maximum atomic E-state index is 12.0. The molecule has 0 radical (unpaired) electrons. The van der Waals surface area contributed by atoms with Crippen LogP contribution in [0.3, 0.4) is 0 Å². The Labute approximate surface area is 101 Å². The fourth-order valence-corrected chi connectivity index (χ4v) is 3.30. The van der Waals surface area contributed by atoms with Crippen LogP contribution in [0.15, 0.2) is 0 Å². The van der Waals surface area contributed by atoms with Crippen LogP contribution in [0, 0.1) is 5.92 Å². The Bertz CT molecular complexity index is 316. The van der Waals surface area contributed by atoms with Crippen LogP contribution >= 0.6 is 0 Å². The van der Waals surface area contributed by atoms with Crippen molar-refractivity contribution < 1.29 is 14.7 Å². The first-order chi connectivity index (χ1) is 7.99. The van der Waals surface area contributed by atoms with E-state index in [1.807, 2.05) is 4.90 Å². The molecule has 2 bridgehead atoms. The Morgan fingerprint density at radius 2 is 1.88 bits per heavy atom. The summed E-state index contributed by atoms with van der Waals surface area (Å²) in [5, 5.41) is 8.82. The first kappa shape index (κ1) is 12.4. The molecule has 96 valence electrons. The lowest BCUT2D eigenvalue weighted by molar-refractivity contribution is -0.140. The second-order valence-electron chi connectivity index (χ2n) is 5.35. The number of nitrogens with zero attached hydrogens (tertiary/aromatic N) is 1. The van der Waals surface area contributed by atoms with E-state index in [-0.39, 0.29) is 30.3 Å². The highest BCUT2D eigenvalue weighted by Crippen LogP contribution is 2.40. The molecule has 0 spiro atoms. The van der Waals surface area contributed by atoms with Gasteiger partial charge in [-0.3, -0.25) is 9.59 Å². The first-order valence-electron chi connectivity index (χ1n) is 6.28. The fraction of sp³-hybridized carbons (Fsp3) is 0.833. The molecule has 2 unspecified atom stereocenters. The summed E-state index contributed by atoms with van der Waals surface area (Å²) in [6.45, 7) is 1.71. The lowest BCUT2D eigenvalue weighted by Gasteiger charge is -2.39. The number of piperidine rings is 1. The van der Waals surface area contributed by atoms with Gasteiger partial charge in [0.15, 0.2) is 0 Å². The van der Waals surface area contributed by atoms with Crippen molar-refractivity contribution in [1.82, 2.24) is 4.90 Å². The molecule has 2 heterocycles. The van der Waals surface area contributed by atoms with E-state index in [1.165, 1.54) is 0 Å². The van der Waals surface area contributed by atoms with Crippen LogP contribution in [0.1, 0.15) is 39.0 Å². The van der Waals surface area contributed by atoms with Crippen molar-refractivity contribution in [3.8, 4) is 0 Å². The number of fused-ring (bicyclic) bond motifs is 2. The Balaban J connectivity index is 2.03. The van der Waals surface area contributed by atoms with Crippen molar-refractivity contribution in [3.63, 3.8) is 0 Å². The smallest absolute Gasteiger partial charge is 0.303 e. The molecule has 1 amide bonds.